The van der Waals surface area contributed by atoms with Gasteiger partial charge in [0, 0.05) is 15.5 Å². The van der Waals surface area contributed by atoms with Crippen molar-refractivity contribution in [2.24, 2.45) is 0 Å². The predicted molar refractivity (Wildman–Crippen MR) is 89.5 cm³/mol. The number of aromatic nitrogens is 1. The molecule has 21 heavy (non-hydrogen) atoms. The summed E-state index contributed by atoms with van der Waals surface area (Å²) in [7, 11) is 0. The van der Waals surface area contributed by atoms with E-state index in [0.29, 0.717) is 0 Å². The summed E-state index contributed by atoms with van der Waals surface area (Å²) in [6.45, 7) is 2.03. The van der Waals surface area contributed by atoms with E-state index in [4.69, 9.17) is 0 Å². The molecule has 0 saturated heterocycles. The molecule has 2 aromatic heterocycles. The zero-order valence-corrected chi connectivity index (χ0v) is 13.7. The van der Waals surface area contributed by atoms with Crippen LogP contribution in [0.1, 0.15) is 10.6 Å². The van der Waals surface area contributed by atoms with Crippen LogP contribution in [-0.2, 0) is 5.75 Å². The maximum atomic E-state index is 9.51. The third-order valence-corrected chi connectivity index (χ3v) is 6.34. The number of nitrogens with zero attached hydrogens (tertiary/aromatic N) is 1. The largest absolute Gasteiger partial charge is 0.504 e. The maximum absolute atomic E-state index is 9.51. The summed E-state index contributed by atoms with van der Waals surface area (Å²) >= 11 is 5.03. The van der Waals surface area contributed by atoms with E-state index in [0.717, 1.165) is 21.3 Å². The van der Waals surface area contributed by atoms with E-state index in [1.54, 1.807) is 46.6 Å². The van der Waals surface area contributed by atoms with Gasteiger partial charge < -0.3 is 10.2 Å². The van der Waals surface area contributed by atoms with Gasteiger partial charge in [-0.2, -0.15) is 0 Å². The number of thiazole rings is 1. The Morgan fingerprint density at radius 2 is 2.05 bits per heavy atom. The van der Waals surface area contributed by atoms with E-state index in [1.165, 1.54) is 15.8 Å². The predicted octanol–water partition coefficient (Wildman–Crippen LogP) is 4.88. The van der Waals surface area contributed by atoms with Gasteiger partial charge in [-0.25, -0.2) is 4.98 Å². The molecule has 0 atom stereocenters. The van der Waals surface area contributed by atoms with E-state index in [2.05, 4.69) is 16.4 Å². The Morgan fingerprint density at radius 3 is 2.76 bits per heavy atom. The molecule has 0 unspecified atom stereocenters. The molecule has 1 aromatic carbocycles. The van der Waals surface area contributed by atoms with Gasteiger partial charge in [0.25, 0.3) is 0 Å². The van der Waals surface area contributed by atoms with Crippen molar-refractivity contribution >= 4 is 34.4 Å². The van der Waals surface area contributed by atoms with E-state index in [9.17, 15) is 10.2 Å². The van der Waals surface area contributed by atoms with Crippen molar-refractivity contribution in [2.75, 3.05) is 0 Å². The Bertz CT molecular complexity index is 750. The highest BCUT2D eigenvalue weighted by atomic mass is 32.2. The minimum absolute atomic E-state index is 0.0831. The van der Waals surface area contributed by atoms with Crippen LogP contribution >= 0.6 is 34.4 Å². The number of hydrogen-bond acceptors (Lipinski definition) is 6. The number of hydrogen-bond donors (Lipinski definition) is 2. The average molecular weight is 335 g/mol. The molecule has 0 spiro atoms. The monoisotopic (exact) mass is 335 g/mol. The van der Waals surface area contributed by atoms with Crippen LogP contribution < -0.4 is 0 Å². The minimum atomic E-state index is -0.0895. The molecule has 6 heteroatoms. The number of rotatable bonds is 4. The molecule has 3 aromatic rings. The fraction of sp³-hybridized carbons (Fsp3) is 0.133. The lowest BCUT2D eigenvalue weighted by Gasteiger charge is -2.02. The van der Waals surface area contributed by atoms with E-state index in [-0.39, 0.29) is 11.5 Å². The molecule has 0 radical (unpaired) electrons. The molecule has 0 aliphatic rings. The van der Waals surface area contributed by atoms with E-state index in [1.807, 2.05) is 13.0 Å². The minimum Gasteiger partial charge on any atom is -0.504 e. The third-order valence-electron chi connectivity index (χ3n) is 2.94. The molecule has 0 bridgehead atoms. The second-order valence-corrected chi connectivity index (χ2v) is 7.52. The van der Waals surface area contributed by atoms with Crippen LogP contribution in [0.2, 0.25) is 0 Å². The number of thiophene rings is 1. The summed E-state index contributed by atoms with van der Waals surface area (Å²) in [6.07, 6.45) is 0. The molecule has 2 N–H and O–H groups in total. The van der Waals surface area contributed by atoms with Crippen molar-refractivity contribution in [3.05, 3.63) is 46.3 Å². The normalized spacial score (nSPS) is 10.9. The molecule has 0 aliphatic carbocycles. The van der Waals surface area contributed by atoms with Crippen LogP contribution in [0.4, 0.5) is 0 Å². The molecule has 0 amide bonds. The number of benzene rings is 1. The molecular weight excluding hydrogens is 322 g/mol. The SMILES string of the molecule is Cc1nc(-c2cccs2)sc1CSc1ccc(O)c(O)c1. The Labute approximate surface area is 134 Å². The highest BCUT2D eigenvalue weighted by Gasteiger charge is 2.11. The van der Waals surface area contributed by atoms with Crippen molar-refractivity contribution in [1.29, 1.82) is 0 Å². The van der Waals surface area contributed by atoms with Gasteiger partial charge in [-0.3, -0.25) is 0 Å². The Balaban J connectivity index is 1.74. The van der Waals surface area contributed by atoms with Crippen molar-refractivity contribution < 1.29 is 10.2 Å². The van der Waals surface area contributed by atoms with Crippen molar-refractivity contribution in [3.8, 4) is 21.4 Å². The molecule has 3 nitrogen and oxygen atoms in total. The topological polar surface area (TPSA) is 53.4 Å². The van der Waals surface area contributed by atoms with Gasteiger partial charge >= 0.3 is 0 Å². The van der Waals surface area contributed by atoms with Gasteiger partial charge in [0.05, 0.1) is 10.6 Å². The molecule has 0 aliphatic heterocycles. The fourth-order valence-electron chi connectivity index (χ4n) is 1.81. The molecule has 3 rings (SSSR count). The van der Waals surface area contributed by atoms with Crippen LogP contribution in [0.25, 0.3) is 9.88 Å². The lowest BCUT2D eigenvalue weighted by molar-refractivity contribution is 0.402. The molecule has 2 heterocycles. The third kappa shape index (κ3) is 3.23. The van der Waals surface area contributed by atoms with Crippen LogP contribution in [0.5, 0.6) is 11.5 Å². The first-order valence-corrected chi connectivity index (χ1v) is 8.96. The first-order valence-electron chi connectivity index (χ1n) is 6.28. The van der Waals surface area contributed by atoms with Gasteiger partial charge in [-0.1, -0.05) is 6.07 Å². The van der Waals surface area contributed by atoms with Crippen molar-refractivity contribution in [3.63, 3.8) is 0 Å². The van der Waals surface area contributed by atoms with Gasteiger partial charge in [-0.15, -0.1) is 34.4 Å². The van der Waals surface area contributed by atoms with Gasteiger partial charge in [0.15, 0.2) is 11.5 Å². The smallest absolute Gasteiger partial charge is 0.158 e. The molecular formula is C15H13NO2S3. The number of aryl methyl sites for hydroxylation is 1. The van der Waals surface area contributed by atoms with E-state index < -0.39 is 0 Å². The standard InChI is InChI=1S/C15H13NO2S3/c1-9-14(21-15(16-9)13-3-2-6-19-13)8-20-10-4-5-11(17)12(18)7-10/h2-7,17-18H,8H2,1H3. The number of phenols is 2. The summed E-state index contributed by atoms with van der Waals surface area (Å²) in [5, 5.41) is 21.9. The highest BCUT2D eigenvalue weighted by Crippen LogP contribution is 2.36. The lowest BCUT2D eigenvalue weighted by atomic mass is 10.3. The summed E-state index contributed by atoms with van der Waals surface area (Å²) < 4.78 is 0. The zero-order chi connectivity index (χ0) is 14.8. The van der Waals surface area contributed by atoms with Crippen molar-refractivity contribution in [2.45, 2.75) is 17.6 Å². The molecule has 0 fully saturated rings. The van der Waals surface area contributed by atoms with Gasteiger partial charge in [0.2, 0.25) is 0 Å². The van der Waals surface area contributed by atoms with Crippen molar-refractivity contribution in [1.82, 2.24) is 4.98 Å². The zero-order valence-electron chi connectivity index (χ0n) is 11.2. The number of aromatic hydroxyl groups is 2. The summed E-state index contributed by atoms with van der Waals surface area (Å²) in [4.78, 5) is 7.98. The van der Waals surface area contributed by atoms with Crippen LogP contribution in [-0.4, -0.2) is 15.2 Å². The Kier molecular flexibility index (Phi) is 4.19. The summed E-state index contributed by atoms with van der Waals surface area (Å²) in [5.41, 5.74) is 1.05. The summed E-state index contributed by atoms with van der Waals surface area (Å²) in [5.74, 6) is 0.632. The second kappa shape index (κ2) is 6.09. The molecule has 0 saturated carbocycles. The fourth-order valence-corrected chi connectivity index (χ4v) is 4.74. The maximum Gasteiger partial charge on any atom is 0.158 e. The first-order chi connectivity index (χ1) is 10.1. The highest BCUT2D eigenvalue weighted by molar-refractivity contribution is 7.98. The van der Waals surface area contributed by atoms with Crippen LogP contribution in [0.15, 0.2) is 40.6 Å². The lowest BCUT2D eigenvalue weighted by Crippen LogP contribution is -1.80. The quantitative estimate of drug-likeness (QED) is 0.527. The Morgan fingerprint density at radius 1 is 1.19 bits per heavy atom. The second-order valence-electron chi connectivity index (χ2n) is 4.44. The van der Waals surface area contributed by atoms with Crippen LogP contribution in [0.3, 0.4) is 0 Å². The van der Waals surface area contributed by atoms with E-state index >= 15 is 0 Å². The van der Waals surface area contributed by atoms with Crippen LogP contribution in [0, 0.1) is 6.92 Å². The Hall–Kier alpha value is -1.50. The first kappa shape index (κ1) is 14.4. The number of phenolic OH excluding ortho intramolecular Hbond substituents is 2. The van der Waals surface area contributed by atoms with Gasteiger partial charge in [0.1, 0.15) is 5.01 Å². The number of thioether (sulfide) groups is 1. The average Bonchev–Trinajstić information content (AvgIpc) is 3.10. The summed E-state index contributed by atoms with van der Waals surface area (Å²) in [6, 6.07) is 9.00. The molecule has 108 valence electrons. The van der Waals surface area contributed by atoms with Gasteiger partial charge in [-0.05, 0) is 36.6 Å².